The Morgan fingerprint density at radius 3 is 2.67 bits per heavy atom. The standard InChI is InChI=1S/C11H8Cl2N2/c12-4-9-10(6-15-7-11(9)13)8-2-1-3-14-5-8/h1-3,5-7H,4H2. The molecule has 0 bridgehead atoms. The van der Waals surface area contributed by atoms with Crippen LogP contribution < -0.4 is 0 Å². The molecule has 0 unspecified atom stereocenters. The molecule has 4 heteroatoms. The third-order valence-electron chi connectivity index (χ3n) is 2.11. The molecule has 0 aliphatic rings. The predicted octanol–water partition coefficient (Wildman–Crippen LogP) is 3.54. The van der Waals surface area contributed by atoms with Crippen LogP contribution in [-0.4, -0.2) is 9.97 Å². The highest BCUT2D eigenvalue weighted by Gasteiger charge is 2.08. The number of nitrogens with zero attached hydrogens (tertiary/aromatic N) is 2. The van der Waals surface area contributed by atoms with Gasteiger partial charge in [-0.3, -0.25) is 9.97 Å². The van der Waals surface area contributed by atoms with E-state index in [1.165, 1.54) is 0 Å². The van der Waals surface area contributed by atoms with E-state index in [9.17, 15) is 0 Å². The maximum atomic E-state index is 6.01. The van der Waals surface area contributed by atoms with Crippen LogP contribution in [-0.2, 0) is 5.88 Å². The Morgan fingerprint density at radius 1 is 1.13 bits per heavy atom. The summed E-state index contributed by atoms with van der Waals surface area (Å²) in [7, 11) is 0. The summed E-state index contributed by atoms with van der Waals surface area (Å²) in [5, 5.41) is 0.589. The van der Waals surface area contributed by atoms with Crippen molar-refractivity contribution in [2.45, 2.75) is 5.88 Å². The Kier molecular flexibility index (Phi) is 3.19. The zero-order valence-corrected chi connectivity index (χ0v) is 9.33. The Balaban J connectivity index is 2.58. The van der Waals surface area contributed by atoms with Crippen LogP contribution in [0.3, 0.4) is 0 Å². The zero-order valence-electron chi connectivity index (χ0n) is 7.82. The van der Waals surface area contributed by atoms with E-state index < -0.39 is 0 Å². The molecular weight excluding hydrogens is 231 g/mol. The average molecular weight is 239 g/mol. The molecule has 0 fully saturated rings. The van der Waals surface area contributed by atoms with E-state index in [1.54, 1.807) is 24.8 Å². The molecule has 76 valence electrons. The van der Waals surface area contributed by atoms with Crippen LogP contribution in [0.15, 0.2) is 36.9 Å². The van der Waals surface area contributed by atoms with Crippen LogP contribution in [0.25, 0.3) is 11.1 Å². The molecule has 0 atom stereocenters. The molecule has 0 saturated carbocycles. The number of aromatic nitrogens is 2. The fourth-order valence-corrected chi connectivity index (χ4v) is 1.95. The van der Waals surface area contributed by atoms with E-state index in [0.29, 0.717) is 10.9 Å². The summed E-state index contributed by atoms with van der Waals surface area (Å²) >= 11 is 11.9. The molecule has 0 aliphatic heterocycles. The van der Waals surface area contributed by atoms with E-state index in [1.807, 2.05) is 12.1 Å². The van der Waals surface area contributed by atoms with E-state index >= 15 is 0 Å². The van der Waals surface area contributed by atoms with E-state index in [0.717, 1.165) is 16.7 Å². The minimum Gasteiger partial charge on any atom is -0.264 e. The fourth-order valence-electron chi connectivity index (χ4n) is 1.37. The Hall–Kier alpha value is -1.12. The van der Waals surface area contributed by atoms with Gasteiger partial charge >= 0.3 is 0 Å². The molecule has 2 rings (SSSR count). The van der Waals surface area contributed by atoms with Crippen molar-refractivity contribution in [3.05, 3.63) is 47.5 Å². The summed E-state index contributed by atoms with van der Waals surface area (Å²) in [6, 6.07) is 3.82. The molecule has 15 heavy (non-hydrogen) atoms. The lowest BCUT2D eigenvalue weighted by molar-refractivity contribution is 1.25. The van der Waals surface area contributed by atoms with Crippen molar-refractivity contribution in [3.8, 4) is 11.1 Å². The molecule has 0 radical (unpaired) electrons. The molecule has 2 nitrogen and oxygen atoms in total. The number of alkyl halides is 1. The third kappa shape index (κ3) is 2.11. The van der Waals surface area contributed by atoms with E-state index in [-0.39, 0.29) is 0 Å². The molecular formula is C11H8Cl2N2. The van der Waals surface area contributed by atoms with Gasteiger partial charge in [0.05, 0.1) is 5.02 Å². The lowest BCUT2D eigenvalue weighted by Gasteiger charge is -2.07. The van der Waals surface area contributed by atoms with Crippen LogP contribution in [0.1, 0.15) is 5.56 Å². The lowest BCUT2D eigenvalue weighted by atomic mass is 10.1. The van der Waals surface area contributed by atoms with E-state index in [4.69, 9.17) is 23.2 Å². The molecule has 2 aromatic heterocycles. The van der Waals surface area contributed by atoms with Crippen LogP contribution in [0.2, 0.25) is 5.02 Å². The van der Waals surface area contributed by atoms with Crippen molar-refractivity contribution < 1.29 is 0 Å². The topological polar surface area (TPSA) is 25.8 Å². The first-order valence-electron chi connectivity index (χ1n) is 4.41. The molecule has 0 spiro atoms. The van der Waals surface area contributed by atoms with Crippen molar-refractivity contribution >= 4 is 23.2 Å². The Bertz CT molecular complexity index is 457. The predicted molar refractivity (Wildman–Crippen MR) is 62.0 cm³/mol. The van der Waals surface area contributed by atoms with Gasteiger partial charge < -0.3 is 0 Å². The van der Waals surface area contributed by atoms with Crippen molar-refractivity contribution in [2.24, 2.45) is 0 Å². The average Bonchev–Trinajstić information content (AvgIpc) is 2.30. The van der Waals surface area contributed by atoms with Crippen LogP contribution in [0.4, 0.5) is 0 Å². The zero-order chi connectivity index (χ0) is 10.7. The smallest absolute Gasteiger partial charge is 0.0639 e. The highest BCUT2D eigenvalue weighted by Crippen LogP contribution is 2.28. The highest BCUT2D eigenvalue weighted by molar-refractivity contribution is 6.32. The van der Waals surface area contributed by atoms with Gasteiger partial charge in [0, 0.05) is 41.8 Å². The van der Waals surface area contributed by atoms with Gasteiger partial charge in [-0.1, -0.05) is 17.7 Å². The van der Waals surface area contributed by atoms with Gasteiger partial charge in [-0.15, -0.1) is 11.6 Å². The second kappa shape index (κ2) is 4.60. The molecule has 0 aromatic carbocycles. The first-order chi connectivity index (χ1) is 7.33. The Labute approximate surface area is 97.9 Å². The van der Waals surface area contributed by atoms with Crippen LogP contribution in [0.5, 0.6) is 0 Å². The summed E-state index contributed by atoms with van der Waals surface area (Å²) in [6.07, 6.45) is 6.84. The lowest BCUT2D eigenvalue weighted by Crippen LogP contribution is -1.90. The summed E-state index contributed by atoms with van der Waals surface area (Å²) in [5.41, 5.74) is 2.80. The highest BCUT2D eigenvalue weighted by atomic mass is 35.5. The quantitative estimate of drug-likeness (QED) is 0.749. The maximum Gasteiger partial charge on any atom is 0.0639 e. The number of pyridine rings is 2. The number of rotatable bonds is 2. The van der Waals surface area contributed by atoms with Gasteiger partial charge in [-0.05, 0) is 11.6 Å². The summed E-state index contributed by atoms with van der Waals surface area (Å²) < 4.78 is 0. The van der Waals surface area contributed by atoms with Gasteiger partial charge in [-0.25, -0.2) is 0 Å². The second-order valence-corrected chi connectivity index (χ2v) is 3.70. The number of hydrogen-bond acceptors (Lipinski definition) is 2. The van der Waals surface area contributed by atoms with Gasteiger partial charge in [0.1, 0.15) is 0 Å². The summed E-state index contributed by atoms with van der Waals surface area (Å²) in [4.78, 5) is 8.10. The van der Waals surface area contributed by atoms with Gasteiger partial charge in [0.2, 0.25) is 0 Å². The monoisotopic (exact) mass is 238 g/mol. The third-order valence-corrected chi connectivity index (χ3v) is 2.70. The number of hydrogen-bond donors (Lipinski definition) is 0. The molecule has 2 heterocycles. The summed E-state index contributed by atoms with van der Waals surface area (Å²) in [6.45, 7) is 0. The Morgan fingerprint density at radius 2 is 2.00 bits per heavy atom. The van der Waals surface area contributed by atoms with Crippen molar-refractivity contribution in [1.82, 2.24) is 9.97 Å². The fraction of sp³-hybridized carbons (Fsp3) is 0.0909. The van der Waals surface area contributed by atoms with Gasteiger partial charge in [0.15, 0.2) is 0 Å². The van der Waals surface area contributed by atoms with Crippen LogP contribution in [0, 0.1) is 0 Å². The molecule has 0 amide bonds. The van der Waals surface area contributed by atoms with Gasteiger partial charge in [-0.2, -0.15) is 0 Å². The minimum atomic E-state index is 0.367. The SMILES string of the molecule is ClCc1c(Cl)cncc1-c1cccnc1. The summed E-state index contributed by atoms with van der Waals surface area (Å²) in [5.74, 6) is 0.367. The van der Waals surface area contributed by atoms with Gasteiger partial charge in [0.25, 0.3) is 0 Å². The number of halogens is 2. The molecule has 0 saturated heterocycles. The van der Waals surface area contributed by atoms with Crippen LogP contribution >= 0.6 is 23.2 Å². The minimum absolute atomic E-state index is 0.367. The van der Waals surface area contributed by atoms with Crippen molar-refractivity contribution in [1.29, 1.82) is 0 Å². The first kappa shape index (κ1) is 10.4. The van der Waals surface area contributed by atoms with Crippen molar-refractivity contribution in [3.63, 3.8) is 0 Å². The van der Waals surface area contributed by atoms with Crippen molar-refractivity contribution in [2.75, 3.05) is 0 Å². The van der Waals surface area contributed by atoms with E-state index in [2.05, 4.69) is 9.97 Å². The largest absolute Gasteiger partial charge is 0.264 e. The second-order valence-electron chi connectivity index (χ2n) is 3.02. The normalized spacial score (nSPS) is 10.3. The molecule has 0 N–H and O–H groups in total. The molecule has 2 aromatic rings. The molecule has 0 aliphatic carbocycles. The first-order valence-corrected chi connectivity index (χ1v) is 5.33. The maximum absolute atomic E-state index is 6.01.